The molecule has 0 heterocycles. The second-order valence-corrected chi connectivity index (χ2v) is 34.5. The molecule has 112 heavy (non-hydrogen) atoms. The fraction of sp³-hybridized carbons (Fsp3) is 0.515. The van der Waals surface area contributed by atoms with Crippen LogP contribution in [0.5, 0.6) is 23.0 Å². The largest absolute Gasteiger partial charge is 0.508 e. The van der Waals surface area contributed by atoms with Gasteiger partial charge in [-0.1, -0.05) is 278 Å². The van der Waals surface area contributed by atoms with Gasteiger partial charge in [-0.3, -0.25) is 9.59 Å². The van der Waals surface area contributed by atoms with Crippen LogP contribution in [0.4, 0.5) is 0 Å². The van der Waals surface area contributed by atoms with Crippen molar-refractivity contribution < 1.29 is 43.5 Å². The monoisotopic (exact) mass is 1520 g/mol. The molecule has 0 saturated heterocycles. The Bertz CT molecular complexity index is 3860. The standard InChI is InChI=1S/C32H34O2.C27H40O2.C15H20O.C13H24O2.2C8H10O/c1-3-26-19-21-30(22-20-26)34-31(33-24-23-27-13-7-4-8-14-27)25-32(2,28-15-9-5-10-16-28)29-17-11-6-12-18-29;1-3-19-10-12-21(13-11-19)28-26(18-27(2)14-5-4-6-15-27)29-25-17-20-16-24(25)23-9-7-8-22(20)23;1-11(2)15(16)10-13-8-5-7-12-6-3-4-9-14(12)13;1-10(2)12(14)15-13(3,4)11-8-6-5-7-9-11;2*1-2-7-3-5-8(9)6-4-7/h4-22,31H,3,23-25H2,1-2H3;10-13,20,22-26H,3-9,14-18H2,1-2H3;3-4,6,9,11,13H,5,7-8,10H2,1-2H3;10-11H,5-9H2,1-4H3;2*3-6,9H,2H2,1H3. The summed E-state index contributed by atoms with van der Waals surface area (Å²) in [5.41, 5.74) is 11.7. The molecule has 14 rings (SSSR count). The number of aromatic hydroxyl groups is 2. The van der Waals surface area contributed by atoms with Gasteiger partial charge in [-0.25, -0.2) is 0 Å². The number of esters is 1. The van der Waals surface area contributed by atoms with Crippen LogP contribution in [-0.4, -0.2) is 52.9 Å². The molecule has 8 unspecified atom stereocenters. The molecule has 0 amide bonds. The van der Waals surface area contributed by atoms with Gasteiger partial charge in [-0.2, -0.15) is 0 Å². The number of Topliss-reactive ketones (excluding diaryl/α,β-unsaturated/α-hetero) is 1. The van der Waals surface area contributed by atoms with E-state index in [4.69, 9.17) is 33.9 Å². The highest BCUT2D eigenvalue weighted by atomic mass is 16.7. The molecule has 6 aliphatic rings. The SMILES string of the molecule is CC(C)C(=O)CC1CCCc2ccccc21.CC(C)C(=O)OC(C)(C)C1CCCCC1.CCc1ccc(O)cc1.CCc1ccc(O)cc1.CCc1ccc(OC(CC(C)(c2ccccc2)c2ccccc2)OCCc2ccccc2)cc1.CCc1ccc(OC(CC2(C)CCCCC2)OC2CC3CC2C2CCCC32)cc1. The highest BCUT2D eigenvalue weighted by Crippen LogP contribution is 2.60. The number of benzene rings is 8. The maximum atomic E-state index is 11.8. The summed E-state index contributed by atoms with van der Waals surface area (Å²) < 4.78 is 31.9. The molecule has 9 nitrogen and oxygen atoms in total. The van der Waals surface area contributed by atoms with Crippen LogP contribution in [0.15, 0.2) is 212 Å². The van der Waals surface area contributed by atoms with E-state index in [1.165, 1.54) is 166 Å². The summed E-state index contributed by atoms with van der Waals surface area (Å²) in [6, 6.07) is 72.0. The number of phenols is 2. The van der Waals surface area contributed by atoms with E-state index in [1.807, 2.05) is 58.0 Å². The third-order valence-electron chi connectivity index (χ3n) is 25.2. The van der Waals surface area contributed by atoms with E-state index in [9.17, 15) is 9.59 Å². The van der Waals surface area contributed by atoms with Gasteiger partial charge >= 0.3 is 5.97 Å². The van der Waals surface area contributed by atoms with Crippen molar-refractivity contribution >= 4 is 11.8 Å². The maximum absolute atomic E-state index is 11.8. The Labute approximate surface area is 675 Å². The van der Waals surface area contributed by atoms with Gasteiger partial charge in [0, 0.05) is 30.6 Å². The van der Waals surface area contributed by atoms with Gasteiger partial charge in [0.15, 0.2) is 0 Å². The zero-order valence-electron chi connectivity index (χ0n) is 70.4. The van der Waals surface area contributed by atoms with Crippen LogP contribution in [0.3, 0.4) is 0 Å². The van der Waals surface area contributed by atoms with Crippen molar-refractivity contribution in [3.63, 3.8) is 0 Å². The van der Waals surface area contributed by atoms with E-state index < -0.39 is 0 Å². The summed E-state index contributed by atoms with van der Waals surface area (Å²) in [7, 11) is 0. The summed E-state index contributed by atoms with van der Waals surface area (Å²) >= 11 is 0. The van der Waals surface area contributed by atoms with Crippen LogP contribution in [0.25, 0.3) is 0 Å². The van der Waals surface area contributed by atoms with E-state index in [-0.39, 0.29) is 41.4 Å². The van der Waals surface area contributed by atoms with Crippen LogP contribution >= 0.6 is 0 Å². The second kappa shape index (κ2) is 44.6. The fourth-order valence-corrected chi connectivity index (χ4v) is 18.1. The minimum Gasteiger partial charge on any atom is -0.508 e. The molecule has 8 aromatic rings. The summed E-state index contributed by atoms with van der Waals surface area (Å²) in [5, 5.41) is 17.7. The molecule has 0 spiro atoms. The molecule has 604 valence electrons. The number of rotatable bonds is 26. The van der Waals surface area contributed by atoms with Gasteiger partial charge in [0.2, 0.25) is 12.6 Å². The van der Waals surface area contributed by atoms with Crippen molar-refractivity contribution in [2.45, 2.75) is 286 Å². The van der Waals surface area contributed by atoms with Crippen molar-refractivity contribution in [2.75, 3.05) is 6.61 Å². The van der Waals surface area contributed by atoms with Gasteiger partial charge in [-0.05, 0) is 256 Å². The van der Waals surface area contributed by atoms with Crippen LogP contribution in [0.1, 0.15) is 267 Å². The highest BCUT2D eigenvalue weighted by molar-refractivity contribution is 5.81. The number of carbonyl (C=O) groups excluding carboxylic acids is 2. The predicted octanol–water partition coefficient (Wildman–Crippen LogP) is 25.9. The third kappa shape index (κ3) is 27.1. The van der Waals surface area contributed by atoms with Gasteiger partial charge in [-0.15, -0.1) is 0 Å². The Morgan fingerprint density at radius 2 is 0.964 bits per heavy atom. The number of hydrogen-bond acceptors (Lipinski definition) is 9. The predicted molar refractivity (Wildman–Crippen MR) is 461 cm³/mol. The van der Waals surface area contributed by atoms with Gasteiger partial charge < -0.3 is 33.9 Å². The first-order chi connectivity index (χ1) is 54.1. The third-order valence-corrected chi connectivity index (χ3v) is 25.2. The summed E-state index contributed by atoms with van der Waals surface area (Å²) in [6.07, 6.45) is 31.2. The molecule has 5 fully saturated rings. The number of phenolic OH excluding ortho intramolecular Hbond substituents is 2. The second-order valence-electron chi connectivity index (χ2n) is 34.5. The number of ketones is 1. The number of carbonyl (C=O) groups is 2. The number of aryl methyl sites for hydroxylation is 5. The molecule has 2 bridgehead atoms. The van der Waals surface area contributed by atoms with E-state index in [0.717, 1.165) is 80.1 Å². The highest BCUT2D eigenvalue weighted by Gasteiger charge is 2.55. The summed E-state index contributed by atoms with van der Waals surface area (Å²) in [5.74, 6) is 7.74. The van der Waals surface area contributed by atoms with E-state index in [1.54, 1.807) is 24.3 Å². The zero-order chi connectivity index (χ0) is 79.9. The van der Waals surface area contributed by atoms with Crippen LogP contribution in [0, 0.1) is 46.8 Å². The normalized spacial score (nSPS) is 20.0. The minimum absolute atomic E-state index is 0.0205. The van der Waals surface area contributed by atoms with E-state index >= 15 is 0 Å². The molecule has 9 heteroatoms. The number of ether oxygens (including phenoxy) is 5. The van der Waals surface area contributed by atoms with Crippen molar-refractivity contribution in [2.24, 2.45) is 46.8 Å². The van der Waals surface area contributed by atoms with Crippen LogP contribution in [-0.2, 0) is 67.7 Å². The lowest BCUT2D eigenvalue weighted by Crippen LogP contribution is -2.38. The molecule has 6 aliphatic carbocycles. The first-order valence-electron chi connectivity index (χ1n) is 43.4. The summed E-state index contributed by atoms with van der Waals surface area (Å²) in [4.78, 5) is 23.4. The Balaban J connectivity index is 0.000000165. The molecule has 0 aromatic heterocycles. The number of hydrogen-bond donors (Lipinski definition) is 2. The van der Waals surface area contributed by atoms with E-state index in [2.05, 4.69) is 213 Å². The molecule has 8 atom stereocenters. The van der Waals surface area contributed by atoms with Crippen LogP contribution < -0.4 is 9.47 Å². The summed E-state index contributed by atoms with van der Waals surface area (Å²) in [6.45, 7) is 25.8. The number of fused-ring (bicyclic) bond motifs is 6. The fourth-order valence-electron chi connectivity index (χ4n) is 18.1. The lowest BCUT2D eigenvalue weighted by Gasteiger charge is -2.39. The Morgan fingerprint density at radius 1 is 0.482 bits per heavy atom. The first kappa shape index (κ1) is 88.0. The first-order valence-corrected chi connectivity index (χ1v) is 43.4. The lowest BCUT2D eigenvalue weighted by atomic mass is 9.73. The van der Waals surface area contributed by atoms with Crippen molar-refractivity contribution in [1.82, 2.24) is 0 Å². The van der Waals surface area contributed by atoms with Crippen molar-refractivity contribution in [1.29, 1.82) is 0 Å². The van der Waals surface area contributed by atoms with Crippen molar-refractivity contribution in [3.05, 3.63) is 262 Å². The average molecular weight is 1520 g/mol. The topological polar surface area (TPSA) is 121 Å². The molecule has 2 N–H and O–H groups in total. The lowest BCUT2D eigenvalue weighted by molar-refractivity contribution is -0.167. The molecular weight excluding hydrogens is 1380 g/mol. The smallest absolute Gasteiger partial charge is 0.308 e. The molecule has 0 aliphatic heterocycles. The quantitative estimate of drug-likeness (QED) is 0.0403. The zero-order valence-corrected chi connectivity index (χ0v) is 70.4. The Hall–Kier alpha value is -7.98. The van der Waals surface area contributed by atoms with Gasteiger partial charge in [0.05, 0.1) is 18.6 Å². The van der Waals surface area contributed by atoms with Crippen LogP contribution in [0.2, 0.25) is 0 Å². The van der Waals surface area contributed by atoms with Gasteiger partial charge in [0.25, 0.3) is 0 Å². The molecule has 0 radical (unpaired) electrons. The molecule has 8 aromatic carbocycles. The van der Waals surface area contributed by atoms with Crippen molar-refractivity contribution in [3.8, 4) is 23.0 Å². The Morgan fingerprint density at radius 3 is 1.48 bits per heavy atom. The molecular formula is C103H138O9. The minimum atomic E-state index is -0.387. The van der Waals surface area contributed by atoms with Gasteiger partial charge in [0.1, 0.15) is 34.4 Å². The Kier molecular flexibility index (Phi) is 35.0. The molecule has 5 saturated carbocycles. The maximum Gasteiger partial charge on any atom is 0.308 e. The van der Waals surface area contributed by atoms with E-state index in [0.29, 0.717) is 53.7 Å². The average Bonchev–Trinajstić information content (AvgIpc) is 1.59.